The number of aliphatic hydroxyl groups is 1. The second kappa shape index (κ2) is 64.4. The van der Waals surface area contributed by atoms with E-state index in [-0.39, 0.29) is 150 Å². The molecule has 5 rings (SSSR count). The van der Waals surface area contributed by atoms with Gasteiger partial charge in [-0.3, -0.25) is 101 Å². The molecule has 0 saturated heterocycles. The average molecular weight is 2070 g/mol. The molecule has 0 bridgehead atoms. The van der Waals surface area contributed by atoms with E-state index in [9.17, 15) is 87.2 Å². The van der Waals surface area contributed by atoms with E-state index in [1.807, 2.05) is 26.0 Å². The fraction of sp³-hybridized carbons (Fsp3) is 0.600. The first-order valence-corrected chi connectivity index (χ1v) is 51.2. The monoisotopic (exact) mass is 2070 g/mol. The van der Waals surface area contributed by atoms with Gasteiger partial charge in [0.25, 0.3) is 0 Å². The molecule has 18 atom stereocenters. The number of hydrogen-bond acceptors (Lipinski definition) is 34. The highest BCUT2D eigenvalue weighted by Crippen LogP contribution is 2.26. The van der Waals surface area contributed by atoms with Crippen LogP contribution in [0.3, 0.4) is 0 Å². The molecule has 25 N–H and O–H groups in total. The lowest BCUT2D eigenvalue weighted by Gasteiger charge is -2.33. The molecule has 2 heterocycles. The van der Waals surface area contributed by atoms with Gasteiger partial charge in [0.2, 0.25) is 64.5 Å². The van der Waals surface area contributed by atoms with Crippen LogP contribution in [0.1, 0.15) is 243 Å². The molecule has 818 valence electrons. The quantitative estimate of drug-likeness (QED) is 0.0127. The molecule has 3 aromatic carbocycles. The molecule has 4 aromatic rings. The highest BCUT2D eigenvalue weighted by molar-refractivity contribution is 6.43. The van der Waals surface area contributed by atoms with Crippen LogP contribution < -0.4 is 103 Å². The van der Waals surface area contributed by atoms with Crippen LogP contribution in [0.4, 0.5) is 0 Å². The number of rotatable bonds is 52. The number of aliphatic carboxylic acids is 1. The number of nitrogens with two attached hydrogens (primary N) is 2. The number of ketones is 12. The number of primary amides is 2. The Kier molecular flexibility index (Phi) is 55.1. The molecular formula is C105H160N20O23. The number of hydrogen-bond donors (Lipinski definition) is 23. The number of amides is 7. The Morgan fingerprint density at radius 1 is 0.514 bits per heavy atom. The summed E-state index contributed by atoms with van der Waals surface area (Å²) in [6.45, 7) is 22.5. The Bertz CT molecular complexity index is 5170. The number of carbonyl (C=O) groups excluding carboxylic acids is 19. The molecule has 0 spiro atoms. The molecule has 43 heteroatoms. The number of carbonyl (C=O) groups is 20. The van der Waals surface area contributed by atoms with E-state index in [2.05, 4.69) is 96.0 Å². The van der Waals surface area contributed by atoms with E-state index in [1.165, 1.54) is 65.8 Å². The van der Waals surface area contributed by atoms with Gasteiger partial charge in [-0.05, 0) is 193 Å². The van der Waals surface area contributed by atoms with Gasteiger partial charge in [0.05, 0.1) is 98.1 Å². The van der Waals surface area contributed by atoms with Gasteiger partial charge in [-0.25, -0.2) is 32.6 Å². The number of phenolic OH excluding ortho intramolecular Hbond substituents is 1. The molecule has 0 saturated carbocycles. The molecule has 1 aliphatic heterocycles. The van der Waals surface area contributed by atoms with Gasteiger partial charge < -0.3 is 84.9 Å². The smallest absolute Gasteiger partial charge is 0.303 e. The Balaban J connectivity index is 1.47. The lowest BCUT2D eigenvalue weighted by atomic mass is 9.84. The maximum atomic E-state index is 15.7. The lowest BCUT2D eigenvalue weighted by Crippen LogP contribution is -2.65. The zero-order chi connectivity index (χ0) is 110. The van der Waals surface area contributed by atoms with Crippen molar-refractivity contribution < 1.29 is 111 Å². The number of H-pyrrole nitrogens is 1. The summed E-state index contributed by atoms with van der Waals surface area (Å²) in [6.07, 6.45) is 3.34. The summed E-state index contributed by atoms with van der Waals surface area (Å²) in [7, 11) is 0. The van der Waals surface area contributed by atoms with Crippen molar-refractivity contribution in [3.63, 3.8) is 0 Å². The van der Waals surface area contributed by atoms with Gasteiger partial charge in [-0.1, -0.05) is 120 Å². The van der Waals surface area contributed by atoms with Crippen LogP contribution in [0.2, 0.25) is 0 Å². The molecule has 148 heavy (non-hydrogen) atoms. The van der Waals surface area contributed by atoms with Crippen LogP contribution in [-0.4, -0.2) is 284 Å². The van der Waals surface area contributed by atoms with Crippen molar-refractivity contribution in [1.82, 2.24) is 96.0 Å². The molecular weight excluding hydrogens is 1910 g/mol. The second-order valence-electron chi connectivity index (χ2n) is 39.9. The first-order chi connectivity index (χ1) is 69.8. The summed E-state index contributed by atoms with van der Waals surface area (Å²) in [5.74, 6) is -15.4. The number of phenols is 1. The van der Waals surface area contributed by atoms with Gasteiger partial charge in [0.1, 0.15) is 41.5 Å². The number of carboxylic acids is 1. The maximum absolute atomic E-state index is 15.7. The first kappa shape index (κ1) is 126. The van der Waals surface area contributed by atoms with Crippen LogP contribution in [-0.2, 0) is 115 Å². The zero-order valence-corrected chi connectivity index (χ0v) is 88.1. The summed E-state index contributed by atoms with van der Waals surface area (Å²) in [5, 5.41) is 63.9. The molecule has 0 unspecified atom stereocenters. The summed E-state index contributed by atoms with van der Waals surface area (Å²) < 4.78 is 0. The summed E-state index contributed by atoms with van der Waals surface area (Å²) in [5.41, 5.74) is 26.2. The van der Waals surface area contributed by atoms with E-state index >= 15 is 24.0 Å². The first-order valence-electron chi connectivity index (χ1n) is 51.2. The Morgan fingerprint density at radius 3 is 1.66 bits per heavy atom. The van der Waals surface area contributed by atoms with Crippen molar-refractivity contribution in [3.05, 3.63) is 114 Å². The van der Waals surface area contributed by atoms with E-state index in [1.54, 1.807) is 109 Å². The van der Waals surface area contributed by atoms with Gasteiger partial charge in [-0.2, -0.15) is 0 Å². The van der Waals surface area contributed by atoms with Crippen LogP contribution in [0, 0.1) is 11.8 Å². The van der Waals surface area contributed by atoms with Crippen molar-refractivity contribution in [2.75, 3.05) is 39.3 Å². The number of Topliss-reactive ketones (excluding diaryl/α,β-unsaturated/α-hetero) is 12. The summed E-state index contributed by atoms with van der Waals surface area (Å²) in [4.78, 5) is 281. The number of fused-ring (bicyclic) bond motifs is 1. The van der Waals surface area contributed by atoms with Crippen molar-refractivity contribution in [1.29, 1.82) is 0 Å². The third-order valence-electron chi connectivity index (χ3n) is 26.1. The molecule has 0 fully saturated rings. The third-order valence-corrected chi connectivity index (χ3v) is 26.1. The number of benzene rings is 3. The standard InChI is InChI=1S/C105H160N20O23/c1-60(2)50-80(116-70(13)127)95(140)97(142)94(69(12)126)125-124-83(52-71-30-24-23-25-31-71)103(148)119-105(15)46-29-22-20-18-16-17-19-21-28-45-104(14,91(136)59-113-64(7)86(131)44-48-109-62(5)84(129)42-47-108-63(6)85(130)43-49-110-66(9)89(134)57-112-68(11)100(145)115-67(10)99(107)144)118-102(147)81(51-61(3)4)122-120-77(38-40-92(106)137)88(133)55-87(132)65(8)111-58-90(135)79(54-73-56-114-76-33-27-26-32-75(73)76)117-101(146)82(53-72-34-36-74(128)37-35-72)123-121-78(39-41-93(138)139)96(141)98(105)143/h17,19,23-27,30-37,56,60-69,77-83,94,108-114,120-126,128H,16,18,20-22,28-29,38-55,57-59H2,1-15H3,(H2,106,137)(H2,107,144)(H,115,145)(H,116,127)(H,117,146)(H,118,147)(H,119,148)(H,138,139)/t62-,63-,64-,65-,66-,67+,68+,69+,77-,78-,79-,80-,81-,82-,83-,94-,104-,105+/m0/s1. The normalized spacial score (nSPS) is 21.6. The van der Waals surface area contributed by atoms with Gasteiger partial charge >= 0.3 is 5.97 Å². The predicted molar refractivity (Wildman–Crippen MR) is 555 cm³/mol. The highest BCUT2D eigenvalue weighted by atomic mass is 16.4. The number of aromatic nitrogens is 1. The summed E-state index contributed by atoms with van der Waals surface area (Å²) >= 11 is 0. The van der Waals surface area contributed by atoms with E-state index in [4.69, 9.17) is 11.5 Å². The molecule has 1 aliphatic rings. The van der Waals surface area contributed by atoms with E-state index in [0.717, 1.165) is 0 Å². The third kappa shape index (κ3) is 44.8. The average Bonchev–Trinajstić information content (AvgIpc) is 1.22. The second-order valence-corrected chi connectivity index (χ2v) is 39.9. The molecule has 43 nitrogen and oxygen atoms in total. The summed E-state index contributed by atoms with van der Waals surface area (Å²) in [6, 6.07) is 3.63. The van der Waals surface area contributed by atoms with Crippen molar-refractivity contribution >= 4 is 128 Å². The number of aliphatic hydroxyl groups excluding tert-OH is 1. The van der Waals surface area contributed by atoms with Crippen LogP contribution in [0.5, 0.6) is 5.75 Å². The van der Waals surface area contributed by atoms with Gasteiger partial charge in [0.15, 0.2) is 46.3 Å². The van der Waals surface area contributed by atoms with E-state index < -0.39 is 234 Å². The van der Waals surface area contributed by atoms with Crippen molar-refractivity contribution in [3.8, 4) is 5.75 Å². The van der Waals surface area contributed by atoms with Crippen LogP contribution >= 0.6 is 0 Å². The van der Waals surface area contributed by atoms with Gasteiger partial charge in [-0.15, -0.1) is 0 Å². The number of para-hydroxylation sites is 1. The molecule has 0 radical (unpaired) electrons. The zero-order valence-electron chi connectivity index (χ0n) is 88.1. The number of nitrogens with one attached hydrogen (secondary N) is 18. The van der Waals surface area contributed by atoms with Gasteiger partial charge in [0, 0.05) is 82.2 Å². The topological polar surface area (TPSA) is 674 Å². The number of allylic oxidation sites excluding steroid dienone is 2. The fourth-order valence-corrected chi connectivity index (χ4v) is 16.5. The van der Waals surface area contributed by atoms with Crippen molar-refractivity contribution in [2.45, 2.75) is 353 Å². The number of aromatic hydroxyl groups is 1. The Labute approximate surface area is 865 Å². The van der Waals surface area contributed by atoms with Crippen molar-refractivity contribution in [2.24, 2.45) is 23.3 Å². The minimum absolute atomic E-state index is 0.0351. The predicted octanol–water partition coefficient (Wildman–Crippen LogP) is 1.07. The Hall–Kier alpha value is -12.0. The maximum Gasteiger partial charge on any atom is 0.303 e. The largest absolute Gasteiger partial charge is 0.508 e. The number of carboxylic acid groups (broad SMARTS) is 1. The SMILES string of the molecule is CC(=O)N[C@@H](CC(C)C)C(=O)C(=O)[C@@H](NN[C@@H](Cc1ccccc1)C(=O)N[C@]1(C)CCCCCCC=CCCC[C@@](C)(C(=O)CN[C@@H](C)C(=O)CCN[C@@H](C)C(=O)CCN[C@@H](C)C(=O)CCN[C@@H](C)C(=O)CN[C@H](C)C(=O)N[C@H](C)C(N)=O)NC(=O)[C@H](CC(C)C)NN[C@@H](CCC(N)=O)C(=O)CC(=O)[C@H](C)NCC(=O)[C@H](Cc2c[nH]c3ccccc23)NC(=O)[C@H](Cc2ccc(O)cc2)NN[C@@H](CCC(=O)O)C(=O)C1=O)[C@@H](C)O. The number of hydrazine groups is 3. The number of aromatic amines is 1. The molecule has 1 aromatic heterocycles. The minimum atomic E-state index is -2.16. The lowest BCUT2D eigenvalue weighted by molar-refractivity contribution is -0.144. The van der Waals surface area contributed by atoms with Crippen LogP contribution in [0.15, 0.2) is 97.2 Å². The molecule has 7 amide bonds. The highest BCUT2D eigenvalue weighted by Gasteiger charge is 2.45. The minimum Gasteiger partial charge on any atom is -0.508 e. The van der Waals surface area contributed by atoms with E-state index in [0.29, 0.717) is 66.1 Å². The molecule has 0 aliphatic carbocycles. The Morgan fingerprint density at radius 2 is 1.07 bits per heavy atom. The fourth-order valence-electron chi connectivity index (χ4n) is 16.5. The van der Waals surface area contributed by atoms with Crippen LogP contribution in [0.25, 0.3) is 10.9 Å².